The number of urea groups is 2. The van der Waals surface area contributed by atoms with Gasteiger partial charge in [-0.2, -0.15) is 0 Å². The summed E-state index contributed by atoms with van der Waals surface area (Å²) in [6.45, 7) is 3.04. The molecule has 2 N–H and O–H groups in total. The number of hydrogen-bond donors (Lipinski definition) is 2. The number of anilines is 1. The van der Waals surface area contributed by atoms with Crippen molar-refractivity contribution in [3.8, 4) is 11.1 Å². The topological polar surface area (TPSA) is 70.6 Å². The molecule has 0 aliphatic carbocycles. The molecule has 2 rings (SSSR count). The lowest BCUT2D eigenvalue weighted by molar-refractivity contribution is 0.238. The second-order valence-corrected chi connectivity index (χ2v) is 3.95. The average Bonchev–Trinajstić information content (AvgIpc) is 2.48. The van der Waals surface area contributed by atoms with Crippen LogP contribution in [0.5, 0.6) is 0 Å². The Morgan fingerprint density at radius 2 is 1.60 bits per heavy atom. The van der Waals surface area contributed by atoms with E-state index in [4.69, 9.17) is 0 Å². The van der Waals surface area contributed by atoms with E-state index >= 15 is 0 Å². The highest BCUT2D eigenvalue weighted by Crippen LogP contribution is 2.27. The molecule has 0 aliphatic rings. The van der Waals surface area contributed by atoms with Crippen LogP contribution in [0.2, 0.25) is 0 Å². The highest BCUT2D eigenvalue weighted by atomic mass is 16.2. The Kier molecular flexibility index (Phi) is 4.24. The first-order valence-corrected chi connectivity index (χ1v) is 5.94. The molecule has 0 aliphatic heterocycles. The van der Waals surface area contributed by atoms with Crippen LogP contribution in [0.3, 0.4) is 0 Å². The molecule has 2 aromatic carbocycles. The number of imide groups is 1. The maximum atomic E-state index is 11.6. The minimum absolute atomic E-state index is 0.605. The number of rotatable bonds is 2. The summed E-state index contributed by atoms with van der Waals surface area (Å²) >= 11 is 0. The van der Waals surface area contributed by atoms with Crippen molar-refractivity contribution in [1.29, 1.82) is 0 Å². The number of nitrogens with one attached hydrogen (secondary N) is 2. The van der Waals surface area contributed by atoms with Crippen LogP contribution in [0, 0.1) is 0 Å². The fraction of sp³-hybridized carbons (Fsp3) is 0. The Bertz CT molecular complexity index is 639. The Morgan fingerprint density at radius 3 is 2.30 bits per heavy atom. The van der Waals surface area contributed by atoms with Gasteiger partial charge in [-0.1, -0.05) is 48.5 Å². The van der Waals surface area contributed by atoms with Crippen molar-refractivity contribution in [3.63, 3.8) is 0 Å². The van der Waals surface area contributed by atoms with Crippen LogP contribution in [0.15, 0.2) is 59.6 Å². The highest BCUT2D eigenvalue weighted by Gasteiger charge is 2.09. The van der Waals surface area contributed by atoms with Crippen LogP contribution in [0.4, 0.5) is 15.3 Å². The molecule has 0 aromatic heterocycles. The van der Waals surface area contributed by atoms with Crippen molar-refractivity contribution in [1.82, 2.24) is 5.32 Å². The lowest BCUT2D eigenvalue weighted by Gasteiger charge is -2.10. The second-order valence-electron chi connectivity index (χ2n) is 3.95. The number of hydrogen-bond acceptors (Lipinski definition) is 2. The number of aliphatic imine (C=N–C) groups is 1. The SMILES string of the molecule is C=NC(=O)NC(=O)Nc1ccccc1-c1ccccc1. The van der Waals surface area contributed by atoms with Gasteiger partial charge in [-0.3, -0.25) is 5.32 Å². The lowest BCUT2D eigenvalue weighted by Crippen LogP contribution is -2.32. The number of carbonyl (C=O) groups is 2. The third-order valence-electron chi connectivity index (χ3n) is 2.62. The first-order valence-electron chi connectivity index (χ1n) is 5.94. The van der Waals surface area contributed by atoms with Gasteiger partial charge >= 0.3 is 12.1 Å². The van der Waals surface area contributed by atoms with Gasteiger partial charge in [-0.15, -0.1) is 0 Å². The molecule has 2 aromatic rings. The van der Waals surface area contributed by atoms with E-state index in [-0.39, 0.29) is 0 Å². The van der Waals surface area contributed by atoms with Crippen LogP contribution in [-0.2, 0) is 0 Å². The molecule has 0 spiro atoms. The largest absolute Gasteiger partial charge is 0.348 e. The van der Waals surface area contributed by atoms with Gasteiger partial charge in [0, 0.05) is 5.56 Å². The summed E-state index contributed by atoms with van der Waals surface area (Å²) in [5.41, 5.74) is 2.44. The van der Waals surface area contributed by atoms with Gasteiger partial charge in [0.25, 0.3) is 0 Å². The standard InChI is InChI=1S/C15H13N3O2/c1-16-14(19)18-15(20)17-13-10-6-5-9-12(13)11-7-3-2-4-8-11/h2-10H,1H2,(H2,17,18,19,20). The van der Waals surface area contributed by atoms with E-state index in [0.29, 0.717) is 5.69 Å². The quantitative estimate of drug-likeness (QED) is 0.819. The van der Waals surface area contributed by atoms with E-state index in [1.165, 1.54) is 0 Å². The molecule has 0 bridgehead atoms. The Hall–Kier alpha value is -2.95. The first kappa shape index (κ1) is 13.5. The van der Waals surface area contributed by atoms with E-state index in [9.17, 15) is 9.59 Å². The van der Waals surface area contributed by atoms with Gasteiger partial charge in [-0.25, -0.2) is 14.6 Å². The Balaban J connectivity index is 2.23. The summed E-state index contributed by atoms with van der Waals surface area (Å²) in [5.74, 6) is 0. The maximum Gasteiger partial charge on any atom is 0.348 e. The van der Waals surface area contributed by atoms with Gasteiger partial charge in [0.05, 0.1) is 5.69 Å². The fourth-order valence-electron chi connectivity index (χ4n) is 1.75. The van der Waals surface area contributed by atoms with Gasteiger partial charge in [-0.05, 0) is 18.3 Å². The zero-order valence-electron chi connectivity index (χ0n) is 10.7. The number of para-hydroxylation sites is 1. The van der Waals surface area contributed by atoms with Gasteiger partial charge in [0.1, 0.15) is 0 Å². The molecule has 100 valence electrons. The molecule has 0 heterocycles. The normalized spacial score (nSPS) is 9.60. The number of amides is 4. The van der Waals surface area contributed by atoms with Crippen molar-refractivity contribution in [2.45, 2.75) is 0 Å². The molecule has 0 fully saturated rings. The summed E-state index contributed by atoms with van der Waals surface area (Å²) in [6.07, 6.45) is 0. The summed E-state index contributed by atoms with van der Waals surface area (Å²) in [5, 5.41) is 4.65. The van der Waals surface area contributed by atoms with Crippen LogP contribution < -0.4 is 10.6 Å². The van der Waals surface area contributed by atoms with E-state index < -0.39 is 12.1 Å². The minimum atomic E-state index is -0.792. The molecule has 0 saturated heterocycles. The maximum absolute atomic E-state index is 11.6. The van der Waals surface area contributed by atoms with Crippen molar-refractivity contribution in [2.24, 2.45) is 4.99 Å². The zero-order chi connectivity index (χ0) is 14.4. The lowest BCUT2D eigenvalue weighted by atomic mass is 10.0. The van der Waals surface area contributed by atoms with Gasteiger partial charge in [0.2, 0.25) is 0 Å². The second kappa shape index (κ2) is 6.29. The molecule has 5 nitrogen and oxygen atoms in total. The highest BCUT2D eigenvalue weighted by molar-refractivity contribution is 6.03. The van der Waals surface area contributed by atoms with Gasteiger partial charge < -0.3 is 5.32 Å². The number of nitrogens with zero attached hydrogens (tertiary/aromatic N) is 1. The van der Waals surface area contributed by atoms with Crippen molar-refractivity contribution in [3.05, 3.63) is 54.6 Å². The summed E-state index contributed by atoms with van der Waals surface area (Å²) in [7, 11) is 0. The van der Waals surface area contributed by atoms with Crippen molar-refractivity contribution >= 4 is 24.5 Å². The van der Waals surface area contributed by atoms with E-state index in [1.807, 2.05) is 47.8 Å². The zero-order valence-corrected chi connectivity index (χ0v) is 10.7. The minimum Gasteiger partial charge on any atom is -0.307 e. The van der Waals surface area contributed by atoms with Gasteiger partial charge in [0.15, 0.2) is 0 Å². The third-order valence-corrected chi connectivity index (χ3v) is 2.62. The molecule has 4 amide bonds. The monoisotopic (exact) mass is 267 g/mol. The molecule has 20 heavy (non-hydrogen) atoms. The summed E-state index contributed by atoms with van der Waals surface area (Å²) in [6, 6.07) is 15.5. The smallest absolute Gasteiger partial charge is 0.307 e. The molecule has 0 unspecified atom stereocenters. The predicted octanol–water partition coefficient (Wildman–Crippen LogP) is 3.30. The van der Waals surface area contributed by atoms with E-state index in [1.54, 1.807) is 12.1 Å². The Labute approximate surface area is 116 Å². The van der Waals surface area contributed by atoms with E-state index in [2.05, 4.69) is 17.0 Å². The molecular formula is C15H13N3O2. The Morgan fingerprint density at radius 1 is 0.950 bits per heavy atom. The molecule has 0 radical (unpaired) electrons. The van der Waals surface area contributed by atoms with Crippen LogP contribution in [0.25, 0.3) is 11.1 Å². The number of carbonyl (C=O) groups excluding carboxylic acids is 2. The molecular weight excluding hydrogens is 254 g/mol. The fourth-order valence-corrected chi connectivity index (χ4v) is 1.75. The molecule has 0 atom stereocenters. The van der Waals surface area contributed by atoms with Crippen molar-refractivity contribution < 1.29 is 9.59 Å². The van der Waals surface area contributed by atoms with Crippen LogP contribution in [-0.4, -0.2) is 18.8 Å². The summed E-state index contributed by atoms with van der Waals surface area (Å²) < 4.78 is 0. The molecule has 5 heteroatoms. The average molecular weight is 267 g/mol. The van der Waals surface area contributed by atoms with Crippen LogP contribution in [0.1, 0.15) is 0 Å². The number of benzene rings is 2. The first-order chi connectivity index (χ1) is 9.70. The summed E-state index contributed by atoms with van der Waals surface area (Å²) in [4.78, 5) is 25.7. The van der Waals surface area contributed by atoms with Crippen LogP contribution >= 0.6 is 0 Å². The van der Waals surface area contributed by atoms with Crippen molar-refractivity contribution in [2.75, 3.05) is 5.32 Å². The predicted molar refractivity (Wildman–Crippen MR) is 79.0 cm³/mol. The molecule has 0 saturated carbocycles. The third kappa shape index (κ3) is 3.29. The van der Waals surface area contributed by atoms with E-state index in [0.717, 1.165) is 11.1 Å².